The van der Waals surface area contributed by atoms with E-state index in [1.54, 1.807) is 18.5 Å². The number of carbonyl (C=O) groups is 1. The number of carboxylic acid groups (broad SMARTS) is 1. The van der Waals surface area contributed by atoms with Crippen molar-refractivity contribution < 1.29 is 9.90 Å². The Bertz CT molecular complexity index is 970. The van der Waals surface area contributed by atoms with Crippen LogP contribution >= 0.6 is 35.0 Å². The second kappa shape index (κ2) is 8.99. The molecule has 1 N–H and O–H groups in total. The Kier molecular flexibility index (Phi) is 6.65. The minimum atomic E-state index is -0.921. The summed E-state index contributed by atoms with van der Waals surface area (Å²) in [5, 5.41) is 11.3. The number of carboxylic acids is 1. The van der Waals surface area contributed by atoms with Gasteiger partial charge >= 0.3 is 5.97 Å². The first-order valence-corrected chi connectivity index (χ1v) is 10.2. The highest BCUT2D eigenvalue weighted by molar-refractivity contribution is 7.99. The van der Waals surface area contributed by atoms with Crippen LogP contribution in [0.2, 0.25) is 10.0 Å². The van der Waals surface area contributed by atoms with Crippen molar-refractivity contribution in [2.75, 3.05) is 0 Å². The number of aromatic nitrogens is 3. The van der Waals surface area contributed by atoms with Crippen LogP contribution in [-0.4, -0.2) is 25.6 Å². The van der Waals surface area contributed by atoms with Gasteiger partial charge in [0, 0.05) is 27.3 Å². The van der Waals surface area contributed by atoms with Crippen molar-refractivity contribution >= 4 is 40.9 Å². The van der Waals surface area contributed by atoms with Gasteiger partial charge in [-0.1, -0.05) is 54.9 Å². The molecule has 0 aliphatic rings. The normalized spacial score (nSPS) is 11.2. The van der Waals surface area contributed by atoms with Gasteiger partial charge in [-0.2, -0.15) is 0 Å². The van der Waals surface area contributed by atoms with E-state index in [1.807, 2.05) is 42.7 Å². The first-order chi connectivity index (χ1) is 13.3. The average Bonchev–Trinajstić information content (AvgIpc) is 2.92. The molecule has 1 aromatic carbocycles. The Morgan fingerprint density at radius 3 is 2.54 bits per heavy atom. The molecule has 0 spiro atoms. The molecule has 3 aromatic rings. The summed E-state index contributed by atoms with van der Waals surface area (Å²) in [5.74, 6) is -0.286. The third-order valence-electron chi connectivity index (χ3n) is 4.00. The van der Waals surface area contributed by atoms with Gasteiger partial charge in [0.15, 0.2) is 0 Å². The fraction of sp³-hybridized carbons (Fsp3) is 0.250. The standard InChI is InChI=1S/C20H19Cl2N3O2S/c1-12(2)19-20(28-16-7-14(21)6-15(22)8-16)25(17(24-19)9-18(26)27)11-13-4-3-5-23-10-13/h3-8,10,12H,9,11H2,1-2H3,(H,26,27). The first-order valence-electron chi connectivity index (χ1n) is 8.67. The summed E-state index contributed by atoms with van der Waals surface area (Å²) in [6.07, 6.45) is 3.32. The lowest BCUT2D eigenvalue weighted by atomic mass is 10.1. The summed E-state index contributed by atoms with van der Waals surface area (Å²) in [4.78, 5) is 21.1. The van der Waals surface area contributed by atoms with E-state index < -0.39 is 5.97 Å². The smallest absolute Gasteiger partial charge is 0.311 e. The fourth-order valence-electron chi connectivity index (χ4n) is 2.79. The number of aliphatic carboxylic acids is 1. The Labute approximate surface area is 177 Å². The molecule has 0 atom stereocenters. The van der Waals surface area contributed by atoms with Crippen molar-refractivity contribution in [3.63, 3.8) is 0 Å². The van der Waals surface area contributed by atoms with E-state index in [2.05, 4.69) is 9.97 Å². The average molecular weight is 436 g/mol. The Balaban J connectivity index is 2.11. The third kappa shape index (κ3) is 5.07. The number of nitrogens with zero attached hydrogens (tertiary/aromatic N) is 3. The maximum atomic E-state index is 11.4. The summed E-state index contributed by atoms with van der Waals surface area (Å²) in [7, 11) is 0. The van der Waals surface area contributed by atoms with Crippen molar-refractivity contribution in [2.45, 2.75) is 42.7 Å². The molecule has 0 unspecified atom stereocenters. The molecular formula is C20H19Cl2N3O2S. The molecule has 0 amide bonds. The predicted molar refractivity (Wildman–Crippen MR) is 112 cm³/mol. The van der Waals surface area contributed by atoms with Gasteiger partial charge in [0.05, 0.1) is 12.2 Å². The van der Waals surface area contributed by atoms with Gasteiger partial charge < -0.3 is 9.67 Å². The van der Waals surface area contributed by atoms with E-state index in [1.165, 1.54) is 11.8 Å². The number of hydrogen-bond donors (Lipinski definition) is 1. The summed E-state index contributed by atoms with van der Waals surface area (Å²) in [6, 6.07) is 9.16. The van der Waals surface area contributed by atoms with Crippen molar-refractivity contribution in [3.05, 3.63) is 69.9 Å². The van der Waals surface area contributed by atoms with Gasteiger partial charge in [0.2, 0.25) is 0 Å². The van der Waals surface area contributed by atoms with Crippen molar-refractivity contribution in [1.29, 1.82) is 0 Å². The summed E-state index contributed by atoms with van der Waals surface area (Å²) < 4.78 is 1.94. The lowest BCUT2D eigenvalue weighted by Crippen LogP contribution is -2.11. The summed E-state index contributed by atoms with van der Waals surface area (Å²) in [5.41, 5.74) is 1.81. The van der Waals surface area contributed by atoms with Crippen LogP contribution in [0, 0.1) is 0 Å². The highest BCUT2D eigenvalue weighted by Crippen LogP contribution is 2.37. The molecule has 0 aliphatic carbocycles. The minimum Gasteiger partial charge on any atom is -0.481 e. The molecule has 0 saturated heterocycles. The monoisotopic (exact) mass is 435 g/mol. The molecular weight excluding hydrogens is 417 g/mol. The third-order valence-corrected chi connectivity index (χ3v) is 5.53. The van der Waals surface area contributed by atoms with Crippen LogP contribution in [-0.2, 0) is 17.8 Å². The summed E-state index contributed by atoms with van der Waals surface area (Å²) in [6.45, 7) is 4.55. The van der Waals surface area contributed by atoms with Crippen molar-refractivity contribution in [3.8, 4) is 0 Å². The van der Waals surface area contributed by atoms with Gasteiger partial charge in [-0.05, 0) is 35.7 Å². The molecule has 146 valence electrons. The van der Waals surface area contributed by atoms with E-state index in [0.717, 1.165) is 21.2 Å². The van der Waals surface area contributed by atoms with Crippen LogP contribution < -0.4 is 0 Å². The second-order valence-corrected chi connectivity index (χ2v) is 8.53. The predicted octanol–water partition coefficient (Wildman–Crippen LogP) is 5.53. The topological polar surface area (TPSA) is 68.0 Å². The molecule has 3 rings (SSSR count). The summed E-state index contributed by atoms with van der Waals surface area (Å²) >= 11 is 13.8. The SMILES string of the molecule is CC(C)c1nc(CC(=O)O)n(Cc2cccnc2)c1Sc1cc(Cl)cc(Cl)c1. The molecule has 2 aromatic heterocycles. The number of rotatable bonds is 7. The van der Waals surface area contributed by atoms with Crippen LogP contribution in [0.15, 0.2) is 52.6 Å². The van der Waals surface area contributed by atoms with Crippen molar-refractivity contribution in [2.24, 2.45) is 0 Å². The van der Waals surface area contributed by atoms with Crippen LogP contribution in [0.4, 0.5) is 0 Å². The van der Waals surface area contributed by atoms with E-state index >= 15 is 0 Å². The van der Waals surface area contributed by atoms with Crippen LogP contribution in [0.3, 0.4) is 0 Å². The number of benzene rings is 1. The molecule has 28 heavy (non-hydrogen) atoms. The number of pyridine rings is 1. The zero-order chi connectivity index (χ0) is 20.3. The minimum absolute atomic E-state index is 0.125. The molecule has 5 nitrogen and oxygen atoms in total. The van der Waals surface area contributed by atoms with E-state index in [0.29, 0.717) is 22.4 Å². The Morgan fingerprint density at radius 1 is 1.25 bits per heavy atom. The maximum Gasteiger partial charge on any atom is 0.311 e. The first kappa shape index (κ1) is 20.7. The van der Waals surface area contributed by atoms with Gasteiger partial charge in [-0.15, -0.1) is 0 Å². The lowest BCUT2D eigenvalue weighted by molar-refractivity contribution is -0.136. The van der Waals surface area contributed by atoms with Crippen LogP contribution in [0.25, 0.3) is 0 Å². The van der Waals surface area contributed by atoms with Gasteiger partial charge in [-0.3, -0.25) is 9.78 Å². The van der Waals surface area contributed by atoms with Crippen LogP contribution in [0.1, 0.15) is 36.8 Å². The molecule has 0 aliphatic heterocycles. The fourth-order valence-corrected chi connectivity index (χ4v) is 4.71. The maximum absolute atomic E-state index is 11.4. The quantitative estimate of drug-likeness (QED) is 0.527. The molecule has 0 saturated carbocycles. The second-order valence-electron chi connectivity index (χ2n) is 6.60. The number of hydrogen-bond acceptors (Lipinski definition) is 4. The molecule has 8 heteroatoms. The highest BCUT2D eigenvalue weighted by atomic mass is 35.5. The van der Waals surface area contributed by atoms with E-state index in [9.17, 15) is 9.90 Å². The van der Waals surface area contributed by atoms with Gasteiger partial charge in [-0.25, -0.2) is 4.98 Å². The number of imidazole rings is 1. The molecule has 2 heterocycles. The zero-order valence-corrected chi connectivity index (χ0v) is 17.7. The lowest BCUT2D eigenvalue weighted by Gasteiger charge is -2.13. The van der Waals surface area contributed by atoms with Crippen molar-refractivity contribution in [1.82, 2.24) is 14.5 Å². The zero-order valence-electron chi connectivity index (χ0n) is 15.4. The van der Waals surface area contributed by atoms with Gasteiger partial charge in [0.1, 0.15) is 17.3 Å². The Hall–Kier alpha value is -2.02. The highest BCUT2D eigenvalue weighted by Gasteiger charge is 2.22. The molecule has 0 bridgehead atoms. The number of halogens is 2. The Morgan fingerprint density at radius 2 is 1.96 bits per heavy atom. The largest absolute Gasteiger partial charge is 0.481 e. The molecule has 0 radical (unpaired) electrons. The van der Waals surface area contributed by atoms with Gasteiger partial charge in [0.25, 0.3) is 0 Å². The van der Waals surface area contributed by atoms with E-state index in [4.69, 9.17) is 23.2 Å². The molecule has 0 fully saturated rings. The van der Waals surface area contributed by atoms with E-state index in [-0.39, 0.29) is 12.3 Å². The van der Waals surface area contributed by atoms with Crippen LogP contribution in [0.5, 0.6) is 0 Å².